The fraction of sp³-hybridized carbons (Fsp3) is 0.294. The molecule has 1 atom stereocenters. The highest BCUT2D eigenvalue weighted by Crippen LogP contribution is 2.47. The molecule has 1 aliphatic rings. The zero-order valence-electron chi connectivity index (χ0n) is 14.0. The number of aromatic amines is 1. The SMILES string of the molecule is CCOc1cc(Br)c(C2C(C#N)=C(N)Oc3n[nH]c(C)c32)cc1OC. The van der Waals surface area contributed by atoms with E-state index in [0.29, 0.717) is 29.6 Å². The molecule has 2 aromatic rings. The van der Waals surface area contributed by atoms with Gasteiger partial charge in [-0.25, -0.2) is 0 Å². The monoisotopic (exact) mass is 404 g/mol. The molecule has 0 fully saturated rings. The van der Waals surface area contributed by atoms with Gasteiger partial charge in [0.1, 0.15) is 11.6 Å². The molecule has 0 radical (unpaired) electrons. The Balaban J connectivity index is 2.24. The molecule has 0 spiro atoms. The largest absolute Gasteiger partial charge is 0.493 e. The van der Waals surface area contributed by atoms with Gasteiger partial charge in [0, 0.05) is 15.7 Å². The minimum absolute atomic E-state index is 0.0475. The Kier molecular flexibility index (Phi) is 4.59. The van der Waals surface area contributed by atoms with Crippen molar-refractivity contribution in [3.63, 3.8) is 0 Å². The summed E-state index contributed by atoms with van der Waals surface area (Å²) in [5, 5.41) is 16.6. The van der Waals surface area contributed by atoms with E-state index in [0.717, 1.165) is 21.3 Å². The van der Waals surface area contributed by atoms with E-state index in [9.17, 15) is 5.26 Å². The van der Waals surface area contributed by atoms with E-state index in [1.807, 2.05) is 26.0 Å². The third-order valence-electron chi connectivity index (χ3n) is 4.02. The summed E-state index contributed by atoms with van der Waals surface area (Å²) in [6.45, 7) is 4.29. The van der Waals surface area contributed by atoms with Crippen LogP contribution >= 0.6 is 15.9 Å². The van der Waals surface area contributed by atoms with Crippen molar-refractivity contribution in [1.29, 1.82) is 5.26 Å². The van der Waals surface area contributed by atoms with Crippen molar-refractivity contribution < 1.29 is 14.2 Å². The fourth-order valence-electron chi connectivity index (χ4n) is 2.91. The van der Waals surface area contributed by atoms with Crippen LogP contribution < -0.4 is 19.9 Å². The number of nitrogens with one attached hydrogen (secondary N) is 1. The number of H-pyrrole nitrogens is 1. The first-order chi connectivity index (χ1) is 12.0. The number of halogens is 1. The highest BCUT2D eigenvalue weighted by Gasteiger charge is 2.35. The summed E-state index contributed by atoms with van der Waals surface area (Å²) in [5.41, 5.74) is 8.67. The Bertz CT molecular complexity index is 898. The lowest BCUT2D eigenvalue weighted by atomic mass is 9.84. The van der Waals surface area contributed by atoms with Crippen molar-refractivity contribution in [2.75, 3.05) is 13.7 Å². The Morgan fingerprint density at radius 2 is 2.20 bits per heavy atom. The molecule has 0 amide bonds. The minimum Gasteiger partial charge on any atom is -0.493 e. The Hall–Kier alpha value is -2.66. The number of nitrogens with zero attached hydrogens (tertiary/aromatic N) is 2. The number of hydrogen-bond donors (Lipinski definition) is 2. The molecule has 7 nitrogen and oxygen atoms in total. The van der Waals surface area contributed by atoms with Gasteiger partial charge in [-0.3, -0.25) is 5.10 Å². The molecule has 0 saturated heterocycles. The molecule has 0 saturated carbocycles. The molecule has 1 aliphatic heterocycles. The van der Waals surface area contributed by atoms with E-state index in [2.05, 4.69) is 32.2 Å². The van der Waals surface area contributed by atoms with E-state index in [1.165, 1.54) is 0 Å². The van der Waals surface area contributed by atoms with Crippen LogP contribution in [-0.4, -0.2) is 23.9 Å². The minimum atomic E-state index is -0.425. The first-order valence-corrected chi connectivity index (χ1v) is 8.43. The second-order valence-corrected chi connectivity index (χ2v) is 6.30. The molecule has 1 aromatic heterocycles. The predicted octanol–water partition coefficient (Wildman–Crippen LogP) is 3.11. The van der Waals surface area contributed by atoms with Crippen molar-refractivity contribution in [3.05, 3.63) is 44.9 Å². The smallest absolute Gasteiger partial charge is 0.244 e. The molecule has 0 aliphatic carbocycles. The van der Waals surface area contributed by atoms with Gasteiger partial charge < -0.3 is 19.9 Å². The van der Waals surface area contributed by atoms with Crippen molar-refractivity contribution in [1.82, 2.24) is 10.2 Å². The summed E-state index contributed by atoms with van der Waals surface area (Å²) in [4.78, 5) is 0. The molecule has 0 bridgehead atoms. The molecule has 2 heterocycles. The summed E-state index contributed by atoms with van der Waals surface area (Å²) >= 11 is 3.58. The third-order valence-corrected chi connectivity index (χ3v) is 4.71. The number of allylic oxidation sites excluding steroid dienone is 1. The van der Waals surface area contributed by atoms with Crippen molar-refractivity contribution >= 4 is 15.9 Å². The fourth-order valence-corrected chi connectivity index (χ4v) is 3.46. The molecule has 3 rings (SSSR count). The summed E-state index contributed by atoms with van der Waals surface area (Å²) in [6, 6.07) is 5.83. The van der Waals surface area contributed by atoms with Crippen molar-refractivity contribution in [2.45, 2.75) is 19.8 Å². The average Bonchev–Trinajstić information content (AvgIpc) is 2.95. The Morgan fingerprint density at radius 3 is 2.84 bits per heavy atom. The highest BCUT2D eigenvalue weighted by molar-refractivity contribution is 9.10. The van der Waals surface area contributed by atoms with Crippen molar-refractivity contribution in [2.24, 2.45) is 5.73 Å². The number of aromatic nitrogens is 2. The van der Waals surface area contributed by atoms with Crippen LogP contribution in [-0.2, 0) is 0 Å². The number of nitriles is 1. The molecule has 25 heavy (non-hydrogen) atoms. The summed E-state index contributed by atoms with van der Waals surface area (Å²) in [5.74, 6) is 1.19. The van der Waals surface area contributed by atoms with Crippen LogP contribution in [0, 0.1) is 18.3 Å². The van der Waals surface area contributed by atoms with Crippen LogP contribution in [0.25, 0.3) is 0 Å². The molecular weight excluding hydrogens is 388 g/mol. The van der Waals surface area contributed by atoms with Gasteiger partial charge in [-0.2, -0.15) is 5.26 Å². The van der Waals surface area contributed by atoms with Crippen molar-refractivity contribution in [3.8, 4) is 23.4 Å². The summed E-state index contributed by atoms with van der Waals surface area (Å²) in [6.07, 6.45) is 0. The zero-order chi connectivity index (χ0) is 18.1. The van der Waals surface area contributed by atoms with E-state index in [4.69, 9.17) is 19.9 Å². The van der Waals surface area contributed by atoms with Gasteiger partial charge in [0.15, 0.2) is 11.5 Å². The second-order valence-electron chi connectivity index (χ2n) is 5.45. The number of aryl methyl sites for hydroxylation is 1. The zero-order valence-corrected chi connectivity index (χ0v) is 15.6. The van der Waals surface area contributed by atoms with Crippen LogP contribution in [0.5, 0.6) is 17.4 Å². The lowest BCUT2D eigenvalue weighted by Gasteiger charge is -2.25. The highest BCUT2D eigenvalue weighted by atomic mass is 79.9. The number of benzene rings is 1. The summed E-state index contributed by atoms with van der Waals surface area (Å²) in [7, 11) is 1.57. The topological polar surface area (TPSA) is 106 Å². The number of ether oxygens (including phenoxy) is 3. The predicted molar refractivity (Wildman–Crippen MR) is 94.5 cm³/mol. The molecular formula is C17H17BrN4O3. The van der Waals surface area contributed by atoms with Gasteiger partial charge in [0.25, 0.3) is 0 Å². The molecule has 3 N–H and O–H groups in total. The van der Waals surface area contributed by atoms with Gasteiger partial charge in [-0.15, -0.1) is 5.10 Å². The molecule has 130 valence electrons. The van der Waals surface area contributed by atoms with E-state index < -0.39 is 5.92 Å². The van der Waals surface area contributed by atoms with Gasteiger partial charge >= 0.3 is 0 Å². The van der Waals surface area contributed by atoms with Crippen LogP contribution in [0.3, 0.4) is 0 Å². The Morgan fingerprint density at radius 1 is 1.44 bits per heavy atom. The van der Waals surface area contributed by atoms with E-state index in [-0.39, 0.29) is 5.88 Å². The molecule has 1 aromatic carbocycles. The third kappa shape index (κ3) is 2.81. The van der Waals surface area contributed by atoms with Gasteiger partial charge in [-0.1, -0.05) is 15.9 Å². The van der Waals surface area contributed by atoms with Crippen LogP contribution in [0.4, 0.5) is 0 Å². The van der Waals surface area contributed by atoms with E-state index >= 15 is 0 Å². The number of fused-ring (bicyclic) bond motifs is 1. The van der Waals surface area contributed by atoms with Crippen LogP contribution in [0.2, 0.25) is 0 Å². The maximum Gasteiger partial charge on any atom is 0.244 e. The van der Waals surface area contributed by atoms with Crippen LogP contribution in [0.15, 0.2) is 28.1 Å². The van der Waals surface area contributed by atoms with Gasteiger partial charge in [0.05, 0.1) is 19.6 Å². The average molecular weight is 405 g/mol. The van der Waals surface area contributed by atoms with Crippen LogP contribution in [0.1, 0.15) is 29.7 Å². The quantitative estimate of drug-likeness (QED) is 0.810. The summed E-state index contributed by atoms with van der Waals surface area (Å²) < 4.78 is 17.3. The number of nitrogens with two attached hydrogens (primary N) is 1. The number of hydrogen-bond acceptors (Lipinski definition) is 6. The second kappa shape index (κ2) is 6.69. The van der Waals surface area contributed by atoms with Gasteiger partial charge in [0.2, 0.25) is 11.8 Å². The maximum absolute atomic E-state index is 9.63. The maximum atomic E-state index is 9.63. The lowest BCUT2D eigenvalue weighted by Crippen LogP contribution is -2.21. The van der Waals surface area contributed by atoms with E-state index in [1.54, 1.807) is 7.11 Å². The first kappa shape index (κ1) is 17.2. The molecule has 8 heteroatoms. The first-order valence-electron chi connectivity index (χ1n) is 7.64. The van der Waals surface area contributed by atoms with Gasteiger partial charge in [-0.05, 0) is 31.5 Å². The number of rotatable bonds is 4. The number of methoxy groups -OCH3 is 1. The molecule has 1 unspecified atom stereocenters. The Labute approximate surface area is 153 Å². The standard InChI is InChI=1S/C17H17BrN4O3/c1-4-24-13-6-11(18)9(5-12(13)23-3)15-10(7-19)16(20)25-17-14(15)8(2)21-22-17/h5-6,15H,4,20H2,1-3H3,(H,21,22). The lowest BCUT2D eigenvalue weighted by molar-refractivity contribution is 0.310. The normalized spacial score (nSPS) is 16.0.